The molecule has 1 saturated heterocycles. The summed E-state index contributed by atoms with van der Waals surface area (Å²) in [5.74, 6) is -0.0920. The Labute approximate surface area is 141 Å². The van der Waals surface area contributed by atoms with E-state index in [1.807, 2.05) is 18.2 Å². The Hall–Kier alpha value is -2.31. The third-order valence-corrected chi connectivity index (χ3v) is 4.49. The molecule has 2 heterocycles. The molecule has 1 aliphatic rings. The van der Waals surface area contributed by atoms with Gasteiger partial charge in [-0.1, -0.05) is 30.3 Å². The van der Waals surface area contributed by atoms with Crippen LogP contribution in [0.1, 0.15) is 22.3 Å². The van der Waals surface area contributed by atoms with Gasteiger partial charge in [-0.15, -0.1) is 0 Å². The standard InChI is InChI=1S/C18H22N4O2/c23-13-16-7-9-22(11-14-4-2-1-3-5-14)12-17(16)21-18(24)15-6-8-19-20-10-15/h1-6,8,10,16-17,23H,7,9,11-13H2,(H,21,24). The van der Waals surface area contributed by atoms with Crippen molar-refractivity contribution in [3.8, 4) is 0 Å². The first-order valence-electron chi connectivity index (χ1n) is 8.21. The van der Waals surface area contributed by atoms with Gasteiger partial charge in [0.05, 0.1) is 18.0 Å². The molecule has 6 heteroatoms. The highest BCUT2D eigenvalue weighted by atomic mass is 16.3. The van der Waals surface area contributed by atoms with E-state index in [4.69, 9.17) is 0 Å². The van der Waals surface area contributed by atoms with Crippen LogP contribution >= 0.6 is 0 Å². The Bertz CT molecular complexity index is 651. The van der Waals surface area contributed by atoms with E-state index in [-0.39, 0.29) is 24.5 Å². The van der Waals surface area contributed by atoms with Crippen LogP contribution in [-0.2, 0) is 6.54 Å². The van der Waals surface area contributed by atoms with E-state index in [9.17, 15) is 9.90 Å². The second-order valence-electron chi connectivity index (χ2n) is 6.16. The van der Waals surface area contributed by atoms with E-state index in [0.717, 1.165) is 26.1 Å². The van der Waals surface area contributed by atoms with E-state index in [1.165, 1.54) is 18.0 Å². The summed E-state index contributed by atoms with van der Waals surface area (Å²) in [7, 11) is 0. The summed E-state index contributed by atoms with van der Waals surface area (Å²) in [5.41, 5.74) is 1.74. The van der Waals surface area contributed by atoms with Gasteiger partial charge in [0.25, 0.3) is 5.91 Å². The highest BCUT2D eigenvalue weighted by Crippen LogP contribution is 2.19. The minimum Gasteiger partial charge on any atom is -0.396 e. The van der Waals surface area contributed by atoms with Gasteiger partial charge < -0.3 is 10.4 Å². The number of aliphatic hydroxyl groups excluding tert-OH is 1. The van der Waals surface area contributed by atoms with Crippen LogP contribution in [0.2, 0.25) is 0 Å². The van der Waals surface area contributed by atoms with Crippen LogP contribution < -0.4 is 5.32 Å². The molecule has 0 radical (unpaired) electrons. The Morgan fingerprint density at radius 1 is 1.25 bits per heavy atom. The highest BCUT2D eigenvalue weighted by Gasteiger charge is 2.30. The minimum atomic E-state index is -0.171. The number of aliphatic hydroxyl groups is 1. The Morgan fingerprint density at radius 3 is 2.79 bits per heavy atom. The Balaban J connectivity index is 1.64. The smallest absolute Gasteiger partial charge is 0.253 e. The number of hydrogen-bond donors (Lipinski definition) is 2. The zero-order valence-electron chi connectivity index (χ0n) is 13.5. The SMILES string of the molecule is O=C(NC1CN(Cc2ccccc2)CCC1CO)c1ccnnc1. The summed E-state index contributed by atoms with van der Waals surface area (Å²) < 4.78 is 0. The first kappa shape index (κ1) is 16.5. The van der Waals surface area contributed by atoms with Gasteiger partial charge in [0.1, 0.15) is 0 Å². The van der Waals surface area contributed by atoms with Crippen molar-refractivity contribution < 1.29 is 9.90 Å². The minimum absolute atomic E-state index is 0.0758. The molecule has 2 unspecified atom stereocenters. The number of nitrogens with one attached hydrogen (secondary N) is 1. The van der Waals surface area contributed by atoms with Crippen LogP contribution in [-0.4, -0.2) is 51.8 Å². The molecule has 1 aromatic heterocycles. The molecule has 1 aliphatic heterocycles. The molecule has 1 fully saturated rings. The predicted octanol–water partition coefficient (Wildman–Crippen LogP) is 1.09. The molecule has 3 rings (SSSR count). The first-order valence-corrected chi connectivity index (χ1v) is 8.21. The molecular formula is C18H22N4O2. The molecule has 0 saturated carbocycles. The van der Waals surface area contributed by atoms with Crippen LogP contribution in [0, 0.1) is 5.92 Å². The van der Waals surface area contributed by atoms with Crippen molar-refractivity contribution in [2.75, 3.05) is 19.7 Å². The van der Waals surface area contributed by atoms with E-state index in [0.29, 0.717) is 5.56 Å². The molecule has 0 spiro atoms. The molecule has 126 valence electrons. The molecule has 2 N–H and O–H groups in total. The Kier molecular flexibility index (Phi) is 5.51. The first-order chi connectivity index (χ1) is 11.8. The number of amides is 1. The molecule has 1 aromatic carbocycles. The molecule has 24 heavy (non-hydrogen) atoms. The zero-order valence-corrected chi connectivity index (χ0v) is 13.5. The monoisotopic (exact) mass is 326 g/mol. The largest absolute Gasteiger partial charge is 0.396 e. The van der Waals surface area contributed by atoms with Crippen LogP contribution in [0.15, 0.2) is 48.8 Å². The van der Waals surface area contributed by atoms with Crippen molar-refractivity contribution in [2.24, 2.45) is 5.92 Å². The molecule has 0 aliphatic carbocycles. The number of carbonyl (C=O) groups is 1. The lowest BCUT2D eigenvalue weighted by molar-refractivity contribution is 0.0730. The highest BCUT2D eigenvalue weighted by molar-refractivity contribution is 5.93. The predicted molar refractivity (Wildman–Crippen MR) is 90.2 cm³/mol. The average molecular weight is 326 g/mol. The van der Waals surface area contributed by atoms with Crippen molar-refractivity contribution in [2.45, 2.75) is 19.0 Å². The summed E-state index contributed by atoms with van der Waals surface area (Å²) >= 11 is 0. The van der Waals surface area contributed by atoms with Crippen molar-refractivity contribution in [1.82, 2.24) is 20.4 Å². The normalized spacial score (nSPS) is 21.4. The van der Waals surface area contributed by atoms with Gasteiger partial charge in [0.15, 0.2) is 0 Å². The van der Waals surface area contributed by atoms with Gasteiger partial charge in [0, 0.05) is 31.7 Å². The van der Waals surface area contributed by atoms with Gasteiger partial charge in [0.2, 0.25) is 0 Å². The van der Waals surface area contributed by atoms with Gasteiger partial charge in [-0.05, 0) is 24.6 Å². The zero-order chi connectivity index (χ0) is 16.8. The maximum Gasteiger partial charge on any atom is 0.253 e. The van der Waals surface area contributed by atoms with Gasteiger partial charge in [-0.25, -0.2) is 0 Å². The fourth-order valence-electron chi connectivity index (χ4n) is 3.11. The summed E-state index contributed by atoms with van der Waals surface area (Å²) in [6, 6.07) is 11.8. The fraction of sp³-hybridized carbons (Fsp3) is 0.389. The molecule has 0 bridgehead atoms. The summed E-state index contributed by atoms with van der Waals surface area (Å²) in [5, 5.41) is 20.1. The Morgan fingerprint density at radius 2 is 2.08 bits per heavy atom. The summed E-state index contributed by atoms with van der Waals surface area (Å²) in [6.45, 7) is 2.58. The maximum absolute atomic E-state index is 12.4. The molecule has 6 nitrogen and oxygen atoms in total. The third kappa shape index (κ3) is 4.15. The molecule has 1 amide bonds. The van der Waals surface area contributed by atoms with E-state index >= 15 is 0 Å². The molecule has 2 aromatic rings. The number of piperidine rings is 1. The van der Waals surface area contributed by atoms with Crippen molar-refractivity contribution in [3.05, 3.63) is 59.9 Å². The lowest BCUT2D eigenvalue weighted by Gasteiger charge is -2.38. The number of hydrogen-bond acceptors (Lipinski definition) is 5. The average Bonchev–Trinajstić information content (AvgIpc) is 2.63. The van der Waals surface area contributed by atoms with Crippen LogP contribution in [0.3, 0.4) is 0 Å². The number of carbonyl (C=O) groups excluding carboxylic acids is 1. The topological polar surface area (TPSA) is 78.4 Å². The fourth-order valence-corrected chi connectivity index (χ4v) is 3.11. The number of likely N-dealkylation sites (tertiary alicyclic amines) is 1. The lowest BCUT2D eigenvalue weighted by Crippen LogP contribution is -2.53. The number of aromatic nitrogens is 2. The molecular weight excluding hydrogens is 304 g/mol. The van der Waals surface area contributed by atoms with Crippen LogP contribution in [0.25, 0.3) is 0 Å². The number of nitrogens with zero attached hydrogens (tertiary/aromatic N) is 3. The van der Waals surface area contributed by atoms with Crippen molar-refractivity contribution in [3.63, 3.8) is 0 Å². The van der Waals surface area contributed by atoms with E-state index < -0.39 is 0 Å². The molecule has 2 atom stereocenters. The van der Waals surface area contributed by atoms with Gasteiger partial charge in [-0.3, -0.25) is 9.69 Å². The van der Waals surface area contributed by atoms with Crippen LogP contribution in [0.5, 0.6) is 0 Å². The van der Waals surface area contributed by atoms with Crippen molar-refractivity contribution >= 4 is 5.91 Å². The van der Waals surface area contributed by atoms with Crippen molar-refractivity contribution in [1.29, 1.82) is 0 Å². The second-order valence-corrected chi connectivity index (χ2v) is 6.16. The van der Waals surface area contributed by atoms with E-state index in [2.05, 4.69) is 32.5 Å². The summed E-state index contributed by atoms with van der Waals surface area (Å²) in [4.78, 5) is 14.7. The summed E-state index contributed by atoms with van der Waals surface area (Å²) in [6.07, 6.45) is 3.82. The lowest BCUT2D eigenvalue weighted by atomic mass is 9.91. The van der Waals surface area contributed by atoms with Crippen LogP contribution in [0.4, 0.5) is 0 Å². The van der Waals surface area contributed by atoms with Gasteiger partial charge >= 0.3 is 0 Å². The number of rotatable bonds is 5. The second kappa shape index (κ2) is 7.99. The number of benzene rings is 1. The third-order valence-electron chi connectivity index (χ3n) is 4.49. The maximum atomic E-state index is 12.4. The van der Waals surface area contributed by atoms with Gasteiger partial charge in [-0.2, -0.15) is 10.2 Å². The quantitative estimate of drug-likeness (QED) is 0.860. The van der Waals surface area contributed by atoms with E-state index in [1.54, 1.807) is 6.07 Å².